The molecule has 1 aliphatic carbocycles. The van der Waals surface area contributed by atoms with Crippen molar-refractivity contribution in [2.45, 2.75) is 37.5 Å². The Morgan fingerprint density at radius 2 is 2.30 bits per heavy atom. The molecule has 0 bridgehead atoms. The van der Waals surface area contributed by atoms with E-state index in [4.69, 9.17) is 17.3 Å². The Balaban J connectivity index is 1.99. The van der Waals surface area contributed by atoms with Crippen LogP contribution in [0.5, 0.6) is 0 Å². The van der Waals surface area contributed by atoms with Crippen LogP contribution >= 0.6 is 23.4 Å². The Labute approximate surface area is 126 Å². The average molecular weight is 314 g/mol. The van der Waals surface area contributed by atoms with Crippen LogP contribution in [0.1, 0.15) is 32.2 Å². The highest BCUT2D eigenvalue weighted by Gasteiger charge is 2.28. The Morgan fingerprint density at radius 1 is 1.50 bits per heavy atom. The second-order valence-corrected chi connectivity index (χ2v) is 7.12. The van der Waals surface area contributed by atoms with Crippen molar-refractivity contribution in [2.24, 2.45) is 0 Å². The van der Waals surface area contributed by atoms with Crippen LogP contribution in [-0.4, -0.2) is 20.6 Å². The Morgan fingerprint density at radius 3 is 3.05 bits per heavy atom. The third-order valence-electron chi connectivity index (χ3n) is 3.88. The lowest BCUT2D eigenvalue weighted by molar-refractivity contribution is 0.540. The van der Waals surface area contributed by atoms with Gasteiger partial charge in [0.1, 0.15) is 5.82 Å². The van der Waals surface area contributed by atoms with E-state index in [1.165, 1.54) is 12.5 Å². The number of hydrogen-bond acceptors (Lipinski definition) is 3. The molecule has 2 atom stereocenters. The molecule has 1 aromatic heterocycles. The van der Waals surface area contributed by atoms with E-state index in [0.29, 0.717) is 22.8 Å². The maximum absolute atomic E-state index is 13.5. The molecule has 0 radical (unpaired) electrons. The lowest BCUT2D eigenvalue weighted by atomic mass is 10.2. The highest BCUT2D eigenvalue weighted by molar-refractivity contribution is 7.99. The summed E-state index contributed by atoms with van der Waals surface area (Å²) in [7, 11) is 0. The monoisotopic (exact) mass is 313 g/mol. The van der Waals surface area contributed by atoms with Crippen LogP contribution in [0.2, 0.25) is 5.02 Å². The standard InChI is InChI=1S/C14H17ClFN3S/c1-2-20-9-4-3-8(5-9)19-13-6-10(15)11(16)7-12(13)18-14(19)17/h6-9H,2-5H2,1H3,(H2,17,18). The summed E-state index contributed by atoms with van der Waals surface area (Å²) in [6.45, 7) is 2.18. The molecule has 1 heterocycles. The minimum Gasteiger partial charge on any atom is -0.369 e. The van der Waals surface area contributed by atoms with Crippen molar-refractivity contribution >= 4 is 40.3 Å². The van der Waals surface area contributed by atoms with Crippen LogP contribution in [0.25, 0.3) is 11.0 Å². The number of nitrogen functional groups attached to an aromatic ring is 1. The molecule has 108 valence electrons. The zero-order valence-corrected chi connectivity index (χ0v) is 12.8. The smallest absolute Gasteiger partial charge is 0.201 e. The van der Waals surface area contributed by atoms with Gasteiger partial charge in [0.25, 0.3) is 0 Å². The summed E-state index contributed by atoms with van der Waals surface area (Å²) in [4.78, 5) is 4.27. The van der Waals surface area contributed by atoms with Crippen molar-refractivity contribution in [3.63, 3.8) is 0 Å². The maximum Gasteiger partial charge on any atom is 0.201 e. The summed E-state index contributed by atoms with van der Waals surface area (Å²) in [5.74, 6) is 1.14. The summed E-state index contributed by atoms with van der Waals surface area (Å²) >= 11 is 7.89. The zero-order chi connectivity index (χ0) is 14.3. The second kappa shape index (κ2) is 5.45. The predicted octanol–water partition coefficient (Wildman–Crippen LogP) is 4.26. The molecule has 0 aliphatic heterocycles. The first kappa shape index (κ1) is 14.0. The fourth-order valence-corrected chi connectivity index (χ4v) is 4.32. The first-order chi connectivity index (χ1) is 9.60. The van der Waals surface area contributed by atoms with Crippen molar-refractivity contribution in [1.82, 2.24) is 9.55 Å². The number of hydrogen-bond donors (Lipinski definition) is 1. The van der Waals surface area contributed by atoms with Crippen LogP contribution < -0.4 is 5.73 Å². The van der Waals surface area contributed by atoms with Gasteiger partial charge in [-0.05, 0) is 31.1 Å². The van der Waals surface area contributed by atoms with Gasteiger partial charge in [0.05, 0.1) is 16.1 Å². The van der Waals surface area contributed by atoms with Crippen molar-refractivity contribution in [3.8, 4) is 0 Å². The number of thioether (sulfide) groups is 1. The first-order valence-electron chi connectivity index (χ1n) is 6.84. The molecule has 1 aromatic carbocycles. The number of nitrogens with two attached hydrogens (primary N) is 1. The van der Waals surface area contributed by atoms with Gasteiger partial charge in [-0.3, -0.25) is 0 Å². The minimum absolute atomic E-state index is 0.121. The highest BCUT2D eigenvalue weighted by Crippen LogP contribution is 2.40. The van der Waals surface area contributed by atoms with Crippen molar-refractivity contribution in [1.29, 1.82) is 0 Å². The number of benzene rings is 1. The fourth-order valence-electron chi connectivity index (χ4n) is 3.03. The third-order valence-corrected chi connectivity index (χ3v) is 5.41. The maximum atomic E-state index is 13.5. The van der Waals surface area contributed by atoms with Crippen molar-refractivity contribution in [2.75, 3.05) is 11.5 Å². The van der Waals surface area contributed by atoms with Gasteiger partial charge < -0.3 is 10.3 Å². The summed E-state index contributed by atoms with van der Waals surface area (Å²) in [6.07, 6.45) is 3.36. The Kier molecular flexibility index (Phi) is 3.82. The predicted molar refractivity (Wildman–Crippen MR) is 83.9 cm³/mol. The van der Waals surface area contributed by atoms with Gasteiger partial charge >= 0.3 is 0 Å². The summed E-state index contributed by atoms with van der Waals surface area (Å²) in [5.41, 5.74) is 7.45. The van der Waals surface area contributed by atoms with Gasteiger partial charge in [-0.2, -0.15) is 11.8 Å². The summed E-state index contributed by atoms with van der Waals surface area (Å²) in [5, 5.41) is 0.800. The van der Waals surface area contributed by atoms with Gasteiger partial charge in [0.2, 0.25) is 5.95 Å². The molecule has 1 fully saturated rings. The second-order valence-electron chi connectivity index (χ2n) is 5.14. The number of aromatic nitrogens is 2. The number of anilines is 1. The van der Waals surface area contributed by atoms with Crippen LogP contribution in [0.4, 0.5) is 10.3 Å². The average Bonchev–Trinajstić information content (AvgIpc) is 2.95. The summed E-state index contributed by atoms with van der Waals surface area (Å²) < 4.78 is 15.5. The van der Waals surface area contributed by atoms with Crippen LogP contribution in [0.3, 0.4) is 0 Å². The van der Waals surface area contributed by atoms with Gasteiger partial charge in [-0.15, -0.1) is 0 Å². The molecule has 1 aliphatic rings. The zero-order valence-electron chi connectivity index (χ0n) is 11.3. The molecule has 20 heavy (non-hydrogen) atoms. The molecule has 6 heteroatoms. The van der Waals surface area contributed by atoms with E-state index in [0.717, 1.165) is 24.1 Å². The number of fused-ring (bicyclic) bond motifs is 1. The van der Waals surface area contributed by atoms with E-state index in [1.807, 2.05) is 16.3 Å². The molecule has 0 amide bonds. The minimum atomic E-state index is -0.449. The first-order valence-corrected chi connectivity index (χ1v) is 8.27. The van der Waals surface area contributed by atoms with E-state index in [9.17, 15) is 4.39 Å². The summed E-state index contributed by atoms with van der Waals surface area (Å²) in [6, 6.07) is 3.33. The van der Waals surface area contributed by atoms with E-state index in [-0.39, 0.29) is 5.02 Å². The van der Waals surface area contributed by atoms with E-state index in [1.54, 1.807) is 6.07 Å². The largest absolute Gasteiger partial charge is 0.369 e. The molecule has 2 N–H and O–H groups in total. The number of rotatable bonds is 3. The van der Waals surface area contributed by atoms with E-state index < -0.39 is 5.82 Å². The number of halogens is 2. The Bertz CT molecular complexity index is 643. The molecular formula is C14H17ClFN3S. The van der Waals surface area contributed by atoms with E-state index in [2.05, 4.69) is 11.9 Å². The Hall–Kier alpha value is -0.940. The van der Waals surface area contributed by atoms with Crippen LogP contribution in [-0.2, 0) is 0 Å². The van der Waals surface area contributed by atoms with Gasteiger partial charge in [-0.1, -0.05) is 18.5 Å². The molecule has 2 unspecified atom stereocenters. The van der Waals surface area contributed by atoms with Gasteiger partial charge in [0.15, 0.2) is 0 Å². The quantitative estimate of drug-likeness (QED) is 0.921. The lowest BCUT2D eigenvalue weighted by Gasteiger charge is -2.15. The van der Waals surface area contributed by atoms with Gasteiger partial charge in [-0.25, -0.2) is 9.37 Å². The molecule has 0 spiro atoms. The topological polar surface area (TPSA) is 43.8 Å². The SMILES string of the molecule is CCSC1CCC(n2c(N)nc3cc(F)c(Cl)cc32)C1. The van der Waals surface area contributed by atoms with Gasteiger partial charge in [0, 0.05) is 17.4 Å². The number of nitrogens with zero attached hydrogens (tertiary/aromatic N) is 2. The van der Waals surface area contributed by atoms with Crippen LogP contribution in [0, 0.1) is 5.82 Å². The fraction of sp³-hybridized carbons (Fsp3) is 0.500. The molecule has 2 aromatic rings. The molecule has 3 rings (SSSR count). The number of imidazole rings is 1. The highest BCUT2D eigenvalue weighted by atomic mass is 35.5. The van der Waals surface area contributed by atoms with E-state index >= 15 is 0 Å². The lowest BCUT2D eigenvalue weighted by Crippen LogP contribution is -2.09. The third kappa shape index (κ3) is 2.37. The molecule has 3 nitrogen and oxygen atoms in total. The molecule has 1 saturated carbocycles. The molecule has 0 saturated heterocycles. The normalized spacial score (nSPS) is 22.8. The van der Waals surface area contributed by atoms with Crippen molar-refractivity contribution < 1.29 is 4.39 Å². The van der Waals surface area contributed by atoms with Crippen molar-refractivity contribution in [3.05, 3.63) is 23.0 Å². The van der Waals surface area contributed by atoms with Crippen LogP contribution in [0.15, 0.2) is 12.1 Å². The molecular weight excluding hydrogens is 297 g/mol.